The van der Waals surface area contributed by atoms with Crippen LogP contribution in [0.25, 0.3) is 0 Å². The molecule has 28 heavy (non-hydrogen) atoms. The van der Waals surface area contributed by atoms with E-state index in [1.165, 1.54) is 7.11 Å². The molecule has 1 rings (SSSR count). The normalized spacial score (nSPS) is 25.9. The Balaban J connectivity index is 2.93. The van der Waals surface area contributed by atoms with Crippen LogP contribution in [0.15, 0.2) is 12.4 Å². The Morgan fingerprint density at radius 2 is 1.82 bits per heavy atom. The summed E-state index contributed by atoms with van der Waals surface area (Å²) in [5.74, 6) is -0.272. The average molecular weight is 399 g/mol. The number of aliphatic hydroxyl groups is 1. The van der Waals surface area contributed by atoms with Gasteiger partial charge in [0.2, 0.25) is 0 Å². The van der Waals surface area contributed by atoms with Crippen LogP contribution < -0.4 is 10.6 Å². The highest BCUT2D eigenvalue weighted by atomic mass is 16.6. The van der Waals surface area contributed by atoms with E-state index in [0.717, 1.165) is 12.8 Å². The standard InChI is InChI=1S/C21H38N2O5/c1-9-14(10-2)12(3)17-16(11-15(18(17)24)19(25)27-8)22-13(4)23-20(26)28-21(5,6)7/h12,14-18,22,24H,4,9-11H2,1-3,5-8H3,(H,23,26)/t12-,15-,16+,17-,18+/m0/s1. The molecule has 0 aromatic heterocycles. The Kier molecular flexibility index (Phi) is 8.79. The molecule has 7 nitrogen and oxygen atoms in total. The Hall–Kier alpha value is -1.76. The number of hydrogen-bond acceptors (Lipinski definition) is 6. The third-order valence-corrected chi connectivity index (χ3v) is 5.69. The van der Waals surface area contributed by atoms with Crippen molar-refractivity contribution in [2.45, 2.75) is 78.6 Å². The van der Waals surface area contributed by atoms with Gasteiger partial charge in [-0.25, -0.2) is 4.79 Å². The smallest absolute Gasteiger partial charge is 0.413 e. The quantitative estimate of drug-likeness (QED) is 0.543. The van der Waals surface area contributed by atoms with E-state index in [4.69, 9.17) is 9.47 Å². The highest BCUT2D eigenvalue weighted by Crippen LogP contribution is 2.41. The van der Waals surface area contributed by atoms with E-state index >= 15 is 0 Å². The minimum Gasteiger partial charge on any atom is -0.469 e. The van der Waals surface area contributed by atoms with Crippen LogP contribution >= 0.6 is 0 Å². The first-order chi connectivity index (χ1) is 12.9. The number of amides is 1. The lowest BCUT2D eigenvalue weighted by atomic mass is 9.76. The van der Waals surface area contributed by atoms with Crippen LogP contribution in [0, 0.1) is 23.7 Å². The van der Waals surface area contributed by atoms with E-state index in [0.29, 0.717) is 18.2 Å². The van der Waals surface area contributed by atoms with E-state index in [1.807, 2.05) is 0 Å². The monoisotopic (exact) mass is 398 g/mol. The summed E-state index contributed by atoms with van der Waals surface area (Å²) in [6, 6.07) is -0.211. The van der Waals surface area contributed by atoms with Crippen LogP contribution in [0.3, 0.4) is 0 Å². The molecule has 0 aromatic carbocycles. The fraction of sp³-hybridized carbons (Fsp3) is 0.810. The number of hydrogen-bond donors (Lipinski definition) is 3. The number of esters is 1. The first-order valence-corrected chi connectivity index (χ1v) is 10.2. The number of methoxy groups -OCH3 is 1. The van der Waals surface area contributed by atoms with Gasteiger partial charge in [0.05, 0.1) is 19.1 Å². The number of alkyl carbamates (subject to hydrolysis) is 1. The van der Waals surface area contributed by atoms with Crippen LogP contribution in [0.5, 0.6) is 0 Å². The molecule has 0 bridgehead atoms. The van der Waals surface area contributed by atoms with Crippen molar-refractivity contribution in [3.63, 3.8) is 0 Å². The minimum absolute atomic E-state index is 0.161. The van der Waals surface area contributed by atoms with Crippen LogP contribution in [0.1, 0.15) is 60.8 Å². The number of nitrogens with one attached hydrogen (secondary N) is 2. The van der Waals surface area contributed by atoms with Gasteiger partial charge in [0, 0.05) is 12.0 Å². The molecule has 3 N–H and O–H groups in total. The molecule has 0 aromatic rings. The Labute approximate surface area is 169 Å². The van der Waals surface area contributed by atoms with E-state index in [9.17, 15) is 14.7 Å². The van der Waals surface area contributed by atoms with Crippen molar-refractivity contribution in [3.05, 3.63) is 12.4 Å². The van der Waals surface area contributed by atoms with Gasteiger partial charge in [-0.3, -0.25) is 10.1 Å². The largest absolute Gasteiger partial charge is 0.469 e. The third-order valence-electron chi connectivity index (χ3n) is 5.69. The highest BCUT2D eigenvalue weighted by Gasteiger charge is 2.49. The summed E-state index contributed by atoms with van der Waals surface area (Å²) in [6.45, 7) is 15.6. The maximum Gasteiger partial charge on any atom is 0.413 e. The average Bonchev–Trinajstić information content (AvgIpc) is 2.89. The molecule has 0 unspecified atom stereocenters. The SMILES string of the molecule is C=C(NC(=O)OC(C)(C)C)N[C@@H]1C[C@H](C(=O)OC)[C@@H](O)[C@H]1[C@@H](C)C(CC)CC. The summed E-state index contributed by atoms with van der Waals surface area (Å²) >= 11 is 0. The van der Waals surface area contributed by atoms with Crippen molar-refractivity contribution in [3.8, 4) is 0 Å². The van der Waals surface area contributed by atoms with Crippen molar-refractivity contribution < 1.29 is 24.2 Å². The van der Waals surface area contributed by atoms with E-state index in [-0.39, 0.29) is 17.9 Å². The summed E-state index contributed by atoms with van der Waals surface area (Å²) in [5.41, 5.74) is -0.615. The molecule has 7 heteroatoms. The van der Waals surface area contributed by atoms with E-state index in [2.05, 4.69) is 38.0 Å². The molecule has 162 valence electrons. The molecule has 0 aliphatic heterocycles. The second-order valence-corrected chi connectivity index (χ2v) is 8.73. The van der Waals surface area contributed by atoms with Crippen LogP contribution in [0.4, 0.5) is 4.79 Å². The molecular formula is C21H38N2O5. The van der Waals surface area contributed by atoms with Crippen LogP contribution in [-0.4, -0.2) is 42.0 Å². The van der Waals surface area contributed by atoms with Gasteiger partial charge in [0.1, 0.15) is 11.4 Å². The van der Waals surface area contributed by atoms with Gasteiger partial charge in [-0.15, -0.1) is 0 Å². The maximum atomic E-state index is 12.1. The second-order valence-electron chi connectivity index (χ2n) is 8.73. The zero-order valence-electron chi connectivity index (χ0n) is 18.4. The molecule has 5 atom stereocenters. The number of ether oxygens (including phenoxy) is 2. The number of aliphatic hydroxyl groups excluding tert-OH is 1. The summed E-state index contributed by atoms with van der Waals surface area (Å²) in [6.07, 6.45) is 0.992. The minimum atomic E-state index is -0.810. The molecule has 1 aliphatic rings. The summed E-state index contributed by atoms with van der Waals surface area (Å²) in [7, 11) is 1.33. The van der Waals surface area contributed by atoms with Gasteiger partial charge in [-0.05, 0) is 39.0 Å². The van der Waals surface area contributed by atoms with Gasteiger partial charge < -0.3 is 19.9 Å². The molecule has 0 spiro atoms. The number of rotatable bonds is 8. The zero-order valence-corrected chi connectivity index (χ0v) is 18.4. The summed E-state index contributed by atoms with van der Waals surface area (Å²) in [5, 5.41) is 16.7. The highest BCUT2D eigenvalue weighted by molar-refractivity contribution is 5.73. The maximum absolute atomic E-state index is 12.1. The Bertz CT molecular complexity index is 553. The van der Waals surface area contributed by atoms with Gasteiger partial charge in [-0.1, -0.05) is 40.2 Å². The lowest BCUT2D eigenvalue weighted by Gasteiger charge is -2.34. The van der Waals surface area contributed by atoms with E-state index < -0.39 is 29.7 Å². The third kappa shape index (κ3) is 6.40. The second kappa shape index (κ2) is 10.1. The predicted octanol–water partition coefficient (Wildman–Crippen LogP) is 3.18. The van der Waals surface area contributed by atoms with Crippen molar-refractivity contribution in [1.29, 1.82) is 0 Å². The molecular weight excluding hydrogens is 360 g/mol. The molecule has 1 amide bonds. The fourth-order valence-corrected chi connectivity index (χ4v) is 4.33. The van der Waals surface area contributed by atoms with Crippen molar-refractivity contribution >= 4 is 12.1 Å². The topological polar surface area (TPSA) is 96.9 Å². The van der Waals surface area contributed by atoms with Gasteiger partial charge in [0.25, 0.3) is 0 Å². The zero-order chi connectivity index (χ0) is 21.6. The number of carbonyl (C=O) groups excluding carboxylic acids is 2. The lowest BCUT2D eigenvalue weighted by Crippen LogP contribution is -2.44. The molecule has 1 saturated carbocycles. The molecule has 1 fully saturated rings. The Morgan fingerprint density at radius 1 is 1.25 bits per heavy atom. The lowest BCUT2D eigenvalue weighted by molar-refractivity contribution is -0.149. The van der Waals surface area contributed by atoms with Crippen molar-refractivity contribution in [2.24, 2.45) is 23.7 Å². The molecule has 0 heterocycles. The number of carbonyl (C=O) groups is 2. The van der Waals surface area contributed by atoms with Crippen molar-refractivity contribution in [1.82, 2.24) is 10.6 Å². The summed E-state index contributed by atoms with van der Waals surface area (Å²) in [4.78, 5) is 24.1. The van der Waals surface area contributed by atoms with Gasteiger partial charge >= 0.3 is 12.1 Å². The first-order valence-electron chi connectivity index (χ1n) is 10.2. The molecule has 0 radical (unpaired) electrons. The molecule has 1 aliphatic carbocycles. The molecule has 0 saturated heterocycles. The van der Waals surface area contributed by atoms with E-state index in [1.54, 1.807) is 20.8 Å². The van der Waals surface area contributed by atoms with Crippen LogP contribution in [0.2, 0.25) is 0 Å². The fourth-order valence-electron chi connectivity index (χ4n) is 4.33. The van der Waals surface area contributed by atoms with Crippen molar-refractivity contribution in [2.75, 3.05) is 7.11 Å². The first kappa shape index (κ1) is 24.3. The Morgan fingerprint density at radius 3 is 2.29 bits per heavy atom. The summed E-state index contributed by atoms with van der Waals surface area (Å²) < 4.78 is 10.1. The van der Waals surface area contributed by atoms with Gasteiger partial charge in [-0.2, -0.15) is 0 Å². The van der Waals surface area contributed by atoms with Gasteiger partial charge in [0.15, 0.2) is 0 Å². The van der Waals surface area contributed by atoms with Crippen LogP contribution in [-0.2, 0) is 14.3 Å². The predicted molar refractivity (Wildman–Crippen MR) is 108 cm³/mol.